The van der Waals surface area contributed by atoms with Crippen LogP contribution in [0.15, 0.2) is 11.1 Å². The van der Waals surface area contributed by atoms with Crippen molar-refractivity contribution in [3.05, 3.63) is 11.1 Å². The minimum absolute atomic E-state index is 0.340. The quantitative estimate of drug-likeness (QED) is 0.214. The van der Waals surface area contributed by atoms with Crippen LogP contribution in [0.4, 0.5) is 0 Å². The van der Waals surface area contributed by atoms with Gasteiger partial charge in [0.15, 0.2) is 0 Å². The Hall–Kier alpha value is -1.32. The maximum Gasteiger partial charge on any atom is 0.334 e. The first-order valence-corrected chi connectivity index (χ1v) is 10.2. The van der Waals surface area contributed by atoms with Crippen molar-refractivity contribution in [1.82, 2.24) is 0 Å². The Labute approximate surface area is 154 Å². The van der Waals surface area contributed by atoms with E-state index in [-0.39, 0.29) is 11.9 Å². The van der Waals surface area contributed by atoms with Crippen LogP contribution in [-0.2, 0) is 19.1 Å². The van der Waals surface area contributed by atoms with Crippen molar-refractivity contribution in [2.75, 3.05) is 13.2 Å². The van der Waals surface area contributed by atoms with Gasteiger partial charge in [-0.05, 0) is 32.1 Å². The van der Waals surface area contributed by atoms with Gasteiger partial charge in [-0.15, -0.1) is 0 Å². The summed E-state index contributed by atoms with van der Waals surface area (Å²) in [6.07, 6.45) is 10.3. The monoisotopic (exact) mass is 354 g/mol. The fourth-order valence-corrected chi connectivity index (χ4v) is 2.56. The molecule has 0 aliphatic carbocycles. The van der Waals surface area contributed by atoms with Crippen LogP contribution in [0, 0.1) is 0 Å². The highest BCUT2D eigenvalue weighted by Crippen LogP contribution is 2.20. The number of hydrogen-bond donors (Lipinski definition) is 0. The molecule has 0 aliphatic heterocycles. The molecule has 146 valence electrons. The predicted octanol–water partition coefficient (Wildman–Crippen LogP) is 5.74. The molecule has 4 nitrogen and oxygen atoms in total. The second-order valence-electron chi connectivity index (χ2n) is 6.45. The number of carbonyl (C=O) groups is 2. The van der Waals surface area contributed by atoms with Gasteiger partial charge in [0.2, 0.25) is 0 Å². The standard InChI is InChI=1S/C21H38O4/c1-5-9-12-13-14-15-19(21(23)25-17-11-7-3)18(8-4)20(22)24-16-10-6-2/h5-17H2,1-4H3. The van der Waals surface area contributed by atoms with Crippen LogP contribution in [0.5, 0.6) is 0 Å². The number of unbranched alkanes of at least 4 members (excludes halogenated alkanes) is 6. The van der Waals surface area contributed by atoms with Gasteiger partial charge in [-0.3, -0.25) is 0 Å². The van der Waals surface area contributed by atoms with E-state index in [1.807, 2.05) is 6.92 Å². The lowest BCUT2D eigenvalue weighted by Gasteiger charge is -2.14. The average molecular weight is 355 g/mol. The number of ether oxygens (including phenoxy) is 2. The van der Waals surface area contributed by atoms with Crippen molar-refractivity contribution in [2.24, 2.45) is 0 Å². The van der Waals surface area contributed by atoms with Gasteiger partial charge >= 0.3 is 11.9 Å². The summed E-state index contributed by atoms with van der Waals surface area (Å²) in [6, 6.07) is 0. The molecule has 0 atom stereocenters. The number of rotatable bonds is 15. The molecule has 0 radical (unpaired) electrons. The molecule has 0 aromatic carbocycles. The summed E-state index contributed by atoms with van der Waals surface area (Å²) in [6.45, 7) is 9.01. The van der Waals surface area contributed by atoms with E-state index in [4.69, 9.17) is 9.47 Å². The van der Waals surface area contributed by atoms with E-state index in [1.54, 1.807) is 0 Å². The van der Waals surface area contributed by atoms with Gasteiger partial charge in [-0.2, -0.15) is 0 Å². The molecule has 0 heterocycles. The topological polar surface area (TPSA) is 52.6 Å². The molecule has 0 saturated carbocycles. The molecule has 0 saturated heterocycles. The highest BCUT2D eigenvalue weighted by atomic mass is 16.5. The van der Waals surface area contributed by atoms with E-state index in [9.17, 15) is 9.59 Å². The van der Waals surface area contributed by atoms with Crippen LogP contribution in [0.1, 0.15) is 98.3 Å². The Balaban J connectivity index is 4.98. The van der Waals surface area contributed by atoms with Crippen LogP contribution in [0.2, 0.25) is 0 Å². The number of hydrogen-bond acceptors (Lipinski definition) is 4. The van der Waals surface area contributed by atoms with Gasteiger partial charge in [0.1, 0.15) is 0 Å². The minimum atomic E-state index is -0.355. The van der Waals surface area contributed by atoms with Gasteiger partial charge in [0.25, 0.3) is 0 Å². The third-order valence-corrected chi connectivity index (χ3v) is 4.20. The van der Waals surface area contributed by atoms with Crippen LogP contribution in [-0.4, -0.2) is 25.2 Å². The van der Waals surface area contributed by atoms with E-state index in [2.05, 4.69) is 20.8 Å². The molecule has 0 fully saturated rings. The van der Waals surface area contributed by atoms with Gasteiger partial charge in [-0.1, -0.05) is 66.2 Å². The maximum absolute atomic E-state index is 12.5. The van der Waals surface area contributed by atoms with Crippen LogP contribution in [0.3, 0.4) is 0 Å². The Morgan fingerprint density at radius 3 is 1.56 bits per heavy atom. The second kappa shape index (κ2) is 16.2. The molecule has 0 rings (SSSR count). The fourth-order valence-electron chi connectivity index (χ4n) is 2.56. The van der Waals surface area contributed by atoms with Crippen molar-refractivity contribution in [3.63, 3.8) is 0 Å². The third-order valence-electron chi connectivity index (χ3n) is 4.20. The molecule has 0 N–H and O–H groups in total. The molecule has 0 amide bonds. The van der Waals surface area contributed by atoms with Crippen LogP contribution < -0.4 is 0 Å². The molecular weight excluding hydrogens is 316 g/mol. The lowest BCUT2D eigenvalue weighted by atomic mass is 9.99. The molecule has 0 aliphatic rings. The lowest BCUT2D eigenvalue weighted by Crippen LogP contribution is -2.17. The van der Waals surface area contributed by atoms with Gasteiger partial charge in [0.05, 0.1) is 13.2 Å². The average Bonchev–Trinajstić information content (AvgIpc) is 2.60. The molecular formula is C21H38O4. The van der Waals surface area contributed by atoms with Crippen molar-refractivity contribution in [1.29, 1.82) is 0 Å². The second-order valence-corrected chi connectivity index (χ2v) is 6.45. The Morgan fingerprint density at radius 2 is 1.08 bits per heavy atom. The van der Waals surface area contributed by atoms with E-state index < -0.39 is 0 Å². The minimum Gasteiger partial charge on any atom is -0.462 e. The molecule has 0 aromatic rings. The third kappa shape index (κ3) is 11.0. The molecule has 4 heteroatoms. The molecule has 25 heavy (non-hydrogen) atoms. The normalized spacial score (nSPS) is 11.8. The number of esters is 2. The lowest BCUT2D eigenvalue weighted by molar-refractivity contribution is -0.142. The number of carbonyl (C=O) groups excluding carboxylic acids is 2. The first kappa shape index (κ1) is 23.7. The Bertz CT molecular complexity index is 399. The zero-order chi connectivity index (χ0) is 18.9. The Kier molecular flexibility index (Phi) is 15.3. The fraction of sp³-hybridized carbons (Fsp3) is 0.810. The molecule has 0 bridgehead atoms. The van der Waals surface area contributed by atoms with Crippen molar-refractivity contribution in [2.45, 2.75) is 98.3 Å². The highest BCUT2D eigenvalue weighted by molar-refractivity contribution is 6.00. The predicted molar refractivity (Wildman–Crippen MR) is 102 cm³/mol. The van der Waals surface area contributed by atoms with Crippen molar-refractivity contribution in [3.8, 4) is 0 Å². The first-order chi connectivity index (χ1) is 12.1. The smallest absolute Gasteiger partial charge is 0.334 e. The van der Waals surface area contributed by atoms with E-state index in [1.165, 1.54) is 12.8 Å². The maximum atomic E-state index is 12.5. The van der Waals surface area contributed by atoms with Crippen LogP contribution in [0.25, 0.3) is 0 Å². The van der Waals surface area contributed by atoms with Gasteiger partial charge in [0, 0.05) is 11.1 Å². The highest BCUT2D eigenvalue weighted by Gasteiger charge is 2.21. The van der Waals surface area contributed by atoms with Crippen molar-refractivity contribution < 1.29 is 19.1 Å². The van der Waals surface area contributed by atoms with Crippen molar-refractivity contribution >= 4 is 11.9 Å². The Morgan fingerprint density at radius 1 is 0.600 bits per heavy atom. The van der Waals surface area contributed by atoms with Gasteiger partial charge < -0.3 is 9.47 Å². The zero-order valence-corrected chi connectivity index (χ0v) is 16.8. The zero-order valence-electron chi connectivity index (χ0n) is 16.8. The summed E-state index contributed by atoms with van der Waals surface area (Å²) in [5, 5.41) is 0. The summed E-state index contributed by atoms with van der Waals surface area (Å²) in [4.78, 5) is 24.9. The van der Waals surface area contributed by atoms with Crippen LogP contribution >= 0.6 is 0 Å². The molecule has 0 unspecified atom stereocenters. The summed E-state index contributed by atoms with van der Waals surface area (Å²) >= 11 is 0. The summed E-state index contributed by atoms with van der Waals surface area (Å²) < 4.78 is 10.7. The largest absolute Gasteiger partial charge is 0.462 e. The summed E-state index contributed by atoms with van der Waals surface area (Å²) in [5.74, 6) is -0.694. The van der Waals surface area contributed by atoms with Gasteiger partial charge in [-0.25, -0.2) is 9.59 Å². The van der Waals surface area contributed by atoms with E-state index >= 15 is 0 Å². The van der Waals surface area contributed by atoms with E-state index in [0.717, 1.165) is 44.9 Å². The molecule has 0 aromatic heterocycles. The molecule has 0 spiro atoms. The SMILES string of the molecule is CCCCCCCC(C(=O)OCCCC)=C(CC)C(=O)OCCCC. The first-order valence-electron chi connectivity index (χ1n) is 10.2. The van der Waals surface area contributed by atoms with E-state index in [0.29, 0.717) is 37.2 Å². The summed E-state index contributed by atoms with van der Waals surface area (Å²) in [7, 11) is 0. The summed E-state index contributed by atoms with van der Waals surface area (Å²) in [5.41, 5.74) is 1.02.